The van der Waals surface area contributed by atoms with E-state index in [1.54, 1.807) is 0 Å². The van der Waals surface area contributed by atoms with Crippen LogP contribution in [-0.4, -0.2) is 0 Å². The van der Waals surface area contributed by atoms with Crippen LogP contribution in [0.3, 0.4) is 0 Å². The van der Waals surface area contributed by atoms with Gasteiger partial charge >= 0.3 is 0 Å². The van der Waals surface area contributed by atoms with Gasteiger partial charge in [-0.1, -0.05) is 181 Å². The lowest BCUT2D eigenvalue weighted by molar-refractivity contribution is 0.399. The van der Waals surface area contributed by atoms with Crippen LogP contribution >= 0.6 is 0 Å². The highest BCUT2D eigenvalue weighted by Gasteiger charge is 2.05. The van der Waals surface area contributed by atoms with Crippen LogP contribution in [0.4, 0.5) is 0 Å². The molecule has 1 unspecified atom stereocenters. The van der Waals surface area contributed by atoms with Gasteiger partial charge in [0, 0.05) is 0 Å². The van der Waals surface area contributed by atoms with Crippen molar-refractivity contribution in [3.05, 3.63) is 0 Å². The van der Waals surface area contributed by atoms with E-state index in [0.29, 0.717) is 0 Å². The first kappa shape index (κ1) is 29.0. The molecule has 176 valence electrons. The molecule has 0 amide bonds. The molecule has 0 aliphatic rings. The van der Waals surface area contributed by atoms with Gasteiger partial charge in [-0.2, -0.15) is 0 Å². The van der Waals surface area contributed by atoms with Gasteiger partial charge < -0.3 is 0 Å². The molecule has 0 aromatic carbocycles. The standard InChI is InChI=1S/C29H60/c1-4-7-9-10-11-12-13-14-15-16-17-18-19-20-21-22-23-24-25-26-28-29(6-3)27-8-5-2/h29H,4-28H2,1-3H3. The van der Waals surface area contributed by atoms with Crippen molar-refractivity contribution in [2.24, 2.45) is 5.92 Å². The van der Waals surface area contributed by atoms with Gasteiger partial charge in [0.1, 0.15) is 0 Å². The van der Waals surface area contributed by atoms with E-state index in [2.05, 4.69) is 20.8 Å². The summed E-state index contributed by atoms with van der Waals surface area (Å²) in [5, 5.41) is 0. The van der Waals surface area contributed by atoms with E-state index in [4.69, 9.17) is 0 Å². The topological polar surface area (TPSA) is 0 Å². The van der Waals surface area contributed by atoms with Crippen LogP contribution in [0.2, 0.25) is 0 Å². The third kappa shape index (κ3) is 24.1. The third-order valence-electron chi connectivity index (χ3n) is 7.01. The lowest BCUT2D eigenvalue weighted by Gasteiger charge is -2.13. The van der Waals surface area contributed by atoms with Crippen LogP contribution in [0.25, 0.3) is 0 Å². The van der Waals surface area contributed by atoms with Crippen LogP contribution in [0.1, 0.15) is 181 Å². The van der Waals surface area contributed by atoms with Crippen LogP contribution in [0.15, 0.2) is 0 Å². The van der Waals surface area contributed by atoms with Gasteiger partial charge in [0.25, 0.3) is 0 Å². The molecule has 0 N–H and O–H groups in total. The van der Waals surface area contributed by atoms with Gasteiger partial charge in [0.2, 0.25) is 0 Å². The Balaban J connectivity index is 3.10. The molecule has 0 aliphatic heterocycles. The fourth-order valence-corrected chi connectivity index (χ4v) is 4.73. The van der Waals surface area contributed by atoms with Crippen molar-refractivity contribution in [3.8, 4) is 0 Å². The first-order valence-corrected chi connectivity index (χ1v) is 14.3. The lowest BCUT2D eigenvalue weighted by Crippen LogP contribution is -1.98. The molecule has 0 spiro atoms. The van der Waals surface area contributed by atoms with Gasteiger partial charge in [0.15, 0.2) is 0 Å². The van der Waals surface area contributed by atoms with Crippen molar-refractivity contribution in [2.75, 3.05) is 0 Å². The molecule has 0 aliphatic carbocycles. The summed E-state index contributed by atoms with van der Waals surface area (Å²) < 4.78 is 0. The Labute approximate surface area is 187 Å². The maximum absolute atomic E-state index is 2.39. The molecule has 0 aromatic heterocycles. The minimum atomic E-state index is 1.02. The smallest absolute Gasteiger partial charge is 0.0417 e. The molecule has 0 bridgehead atoms. The predicted octanol–water partition coefficient (Wildman–Crippen LogP) is 11.4. The van der Waals surface area contributed by atoms with E-state index in [0.717, 1.165) is 5.92 Å². The van der Waals surface area contributed by atoms with Crippen molar-refractivity contribution in [1.29, 1.82) is 0 Å². The van der Waals surface area contributed by atoms with Gasteiger partial charge in [0.05, 0.1) is 0 Å². The molecule has 0 saturated carbocycles. The Morgan fingerprint density at radius 3 is 0.897 bits per heavy atom. The number of rotatable bonds is 25. The summed E-state index contributed by atoms with van der Waals surface area (Å²) in [6.07, 6.45) is 36.8. The minimum Gasteiger partial charge on any atom is -0.0654 e. The van der Waals surface area contributed by atoms with Crippen molar-refractivity contribution in [3.63, 3.8) is 0 Å². The Hall–Kier alpha value is 0. The minimum absolute atomic E-state index is 1.02. The third-order valence-corrected chi connectivity index (χ3v) is 7.01. The van der Waals surface area contributed by atoms with E-state index in [-0.39, 0.29) is 0 Å². The first-order valence-electron chi connectivity index (χ1n) is 14.3. The molecule has 0 heterocycles. The van der Waals surface area contributed by atoms with Crippen LogP contribution in [0, 0.1) is 5.92 Å². The zero-order chi connectivity index (χ0) is 21.3. The molecule has 0 rings (SSSR count). The van der Waals surface area contributed by atoms with E-state index in [1.807, 2.05) is 0 Å². The molecular weight excluding hydrogens is 348 g/mol. The summed E-state index contributed by atoms with van der Waals surface area (Å²) in [4.78, 5) is 0. The number of unbranched alkanes of at least 4 members (excludes halogenated alkanes) is 20. The molecule has 1 atom stereocenters. The SMILES string of the molecule is CCCCCCCCCCCCCCCCCCCCCCC(CC)CCCC. The highest BCUT2D eigenvalue weighted by molar-refractivity contribution is 4.58. The molecule has 0 nitrogen and oxygen atoms in total. The molecule has 0 fully saturated rings. The van der Waals surface area contributed by atoms with Gasteiger partial charge in [-0.15, -0.1) is 0 Å². The maximum Gasteiger partial charge on any atom is -0.0417 e. The van der Waals surface area contributed by atoms with Crippen molar-refractivity contribution < 1.29 is 0 Å². The molecule has 29 heavy (non-hydrogen) atoms. The first-order chi connectivity index (χ1) is 14.3. The van der Waals surface area contributed by atoms with E-state index in [9.17, 15) is 0 Å². The molecule has 0 heteroatoms. The lowest BCUT2D eigenvalue weighted by atomic mass is 9.93. The molecular formula is C29H60. The highest BCUT2D eigenvalue weighted by Crippen LogP contribution is 2.21. The van der Waals surface area contributed by atoms with Crippen LogP contribution in [-0.2, 0) is 0 Å². The van der Waals surface area contributed by atoms with Crippen molar-refractivity contribution >= 4 is 0 Å². The average Bonchev–Trinajstić information content (AvgIpc) is 2.74. The summed E-state index contributed by atoms with van der Waals surface area (Å²) >= 11 is 0. The van der Waals surface area contributed by atoms with Gasteiger partial charge in [-0.25, -0.2) is 0 Å². The number of hydrogen-bond donors (Lipinski definition) is 0. The Morgan fingerprint density at radius 2 is 0.586 bits per heavy atom. The molecule has 0 radical (unpaired) electrons. The largest absolute Gasteiger partial charge is 0.0654 e. The molecule has 0 saturated heterocycles. The van der Waals surface area contributed by atoms with E-state index in [1.165, 1.54) is 161 Å². The Morgan fingerprint density at radius 1 is 0.310 bits per heavy atom. The number of hydrogen-bond acceptors (Lipinski definition) is 0. The average molecular weight is 409 g/mol. The fraction of sp³-hybridized carbons (Fsp3) is 1.00. The summed E-state index contributed by atoms with van der Waals surface area (Å²) in [6, 6.07) is 0. The van der Waals surface area contributed by atoms with Gasteiger partial charge in [-0.3, -0.25) is 0 Å². The normalized spacial score (nSPS) is 12.5. The summed E-state index contributed by atoms with van der Waals surface area (Å²) in [5.74, 6) is 1.02. The van der Waals surface area contributed by atoms with E-state index >= 15 is 0 Å². The zero-order valence-electron chi connectivity index (χ0n) is 21.3. The second-order valence-electron chi connectivity index (χ2n) is 9.92. The Kier molecular flexibility index (Phi) is 26.0. The van der Waals surface area contributed by atoms with Crippen LogP contribution < -0.4 is 0 Å². The highest BCUT2D eigenvalue weighted by atomic mass is 14.1. The predicted molar refractivity (Wildman–Crippen MR) is 136 cm³/mol. The van der Waals surface area contributed by atoms with Gasteiger partial charge in [-0.05, 0) is 5.92 Å². The second kappa shape index (κ2) is 26.0. The summed E-state index contributed by atoms with van der Waals surface area (Å²) in [5.41, 5.74) is 0. The zero-order valence-corrected chi connectivity index (χ0v) is 21.3. The molecule has 0 aromatic rings. The summed E-state index contributed by atoms with van der Waals surface area (Å²) in [7, 11) is 0. The quantitative estimate of drug-likeness (QED) is 0.132. The fourth-order valence-electron chi connectivity index (χ4n) is 4.73. The Bertz CT molecular complexity index is 269. The monoisotopic (exact) mass is 408 g/mol. The maximum atomic E-state index is 2.39. The van der Waals surface area contributed by atoms with E-state index < -0.39 is 0 Å². The van der Waals surface area contributed by atoms with Crippen molar-refractivity contribution in [2.45, 2.75) is 181 Å². The van der Waals surface area contributed by atoms with Crippen LogP contribution in [0.5, 0.6) is 0 Å². The summed E-state index contributed by atoms with van der Waals surface area (Å²) in [6.45, 7) is 7.01. The second-order valence-corrected chi connectivity index (χ2v) is 9.92. The van der Waals surface area contributed by atoms with Crippen molar-refractivity contribution in [1.82, 2.24) is 0 Å².